The Hall–Kier alpha value is -1.54. The Morgan fingerprint density at radius 3 is 2.14 bits per heavy atom. The summed E-state index contributed by atoms with van der Waals surface area (Å²) in [6, 6.07) is 4.11. The second-order valence-corrected chi connectivity index (χ2v) is 7.51. The number of pyridine rings is 1. The summed E-state index contributed by atoms with van der Waals surface area (Å²) in [7, 11) is 0. The Morgan fingerprint density at radius 1 is 1.00 bits per heavy atom. The molecular formula is C19H24ClNO. The summed E-state index contributed by atoms with van der Waals surface area (Å²) in [6.07, 6.45) is 0. The molecule has 1 aromatic heterocycles. The zero-order chi connectivity index (χ0) is 16.8. The van der Waals surface area contributed by atoms with Crippen LogP contribution in [0.2, 0.25) is 5.02 Å². The number of aromatic nitrogens is 1. The third kappa shape index (κ3) is 2.85. The summed E-state index contributed by atoms with van der Waals surface area (Å²) in [4.78, 5) is 15.7. The third-order valence-corrected chi connectivity index (χ3v) is 4.64. The maximum Gasteiger partial charge on any atom is 0.188 e. The van der Waals surface area contributed by atoms with Crippen LogP contribution < -0.4 is 5.43 Å². The van der Waals surface area contributed by atoms with Gasteiger partial charge in [0.15, 0.2) is 5.43 Å². The molecule has 0 atom stereocenters. The average molecular weight is 318 g/mol. The van der Waals surface area contributed by atoms with E-state index in [9.17, 15) is 4.79 Å². The van der Waals surface area contributed by atoms with Gasteiger partial charge in [-0.15, -0.1) is 0 Å². The Balaban J connectivity index is 2.76. The molecule has 0 unspecified atom stereocenters. The second kappa shape index (κ2) is 5.58. The van der Waals surface area contributed by atoms with E-state index >= 15 is 0 Å². The number of benzene rings is 1. The lowest BCUT2D eigenvalue weighted by Crippen LogP contribution is -2.15. The van der Waals surface area contributed by atoms with Crippen LogP contribution in [0, 0.1) is 27.7 Å². The number of halogens is 1. The van der Waals surface area contributed by atoms with Crippen molar-refractivity contribution >= 4 is 11.6 Å². The molecule has 0 radical (unpaired) electrons. The summed E-state index contributed by atoms with van der Waals surface area (Å²) >= 11 is 6.51. The van der Waals surface area contributed by atoms with E-state index in [2.05, 4.69) is 38.7 Å². The number of rotatable bonds is 1. The number of hydrogen-bond donors (Lipinski definition) is 1. The van der Waals surface area contributed by atoms with Crippen LogP contribution in [-0.2, 0) is 5.41 Å². The molecule has 0 saturated carbocycles. The van der Waals surface area contributed by atoms with Crippen LogP contribution in [-0.4, -0.2) is 4.98 Å². The van der Waals surface area contributed by atoms with E-state index in [1.807, 2.05) is 26.8 Å². The van der Waals surface area contributed by atoms with Gasteiger partial charge in [-0.2, -0.15) is 0 Å². The highest BCUT2D eigenvalue weighted by Crippen LogP contribution is 2.35. The van der Waals surface area contributed by atoms with Crippen LogP contribution >= 0.6 is 11.6 Å². The van der Waals surface area contributed by atoms with Crippen molar-refractivity contribution in [3.8, 4) is 11.3 Å². The van der Waals surface area contributed by atoms with Crippen molar-refractivity contribution in [3.05, 3.63) is 55.3 Å². The molecule has 0 saturated heterocycles. The summed E-state index contributed by atoms with van der Waals surface area (Å²) in [5.74, 6) is 0. The van der Waals surface area contributed by atoms with Crippen molar-refractivity contribution in [1.29, 1.82) is 0 Å². The van der Waals surface area contributed by atoms with E-state index in [0.29, 0.717) is 0 Å². The molecule has 1 aromatic carbocycles. The Bertz CT molecular complexity index is 795. The van der Waals surface area contributed by atoms with E-state index in [1.165, 1.54) is 0 Å². The minimum atomic E-state index is -0.00792. The molecule has 0 bridgehead atoms. The summed E-state index contributed by atoms with van der Waals surface area (Å²) in [6.45, 7) is 14.2. The highest BCUT2D eigenvalue weighted by atomic mass is 35.5. The van der Waals surface area contributed by atoms with Crippen molar-refractivity contribution in [3.63, 3.8) is 0 Å². The normalized spacial score (nSPS) is 11.8. The number of aryl methyl sites for hydroxylation is 2. The molecule has 3 heteroatoms. The van der Waals surface area contributed by atoms with Gasteiger partial charge in [-0.3, -0.25) is 4.79 Å². The first-order valence-electron chi connectivity index (χ1n) is 7.55. The molecule has 0 aliphatic carbocycles. The minimum absolute atomic E-state index is 0.00792. The molecule has 1 heterocycles. The molecule has 2 nitrogen and oxygen atoms in total. The number of aromatic amines is 1. The molecular weight excluding hydrogens is 294 g/mol. The lowest BCUT2D eigenvalue weighted by molar-refractivity contribution is 0.590. The molecule has 0 fully saturated rings. The molecule has 0 spiro atoms. The fourth-order valence-corrected chi connectivity index (χ4v) is 3.18. The van der Waals surface area contributed by atoms with Crippen molar-refractivity contribution in [2.45, 2.75) is 53.9 Å². The highest BCUT2D eigenvalue weighted by molar-refractivity contribution is 6.31. The Morgan fingerprint density at radius 2 is 1.59 bits per heavy atom. The fourth-order valence-electron chi connectivity index (χ4n) is 2.74. The van der Waals surface area contributed by atoms with E-state index in [1.54, 1.807) is 0 Å². The monoisotopic (exact) mass is 317 g/mol. The van der Waals surface area contributed by atoms with Gasteiger partial charge in [0.05, 0.1) is 5.69 Å². The molecule has 0 aliphatic heterocycles. The van der Waals surface area contributed by atoms with Crippen molar-refractivity contribution in [1.82, 2.24) is 4.98 Å². The molecule has 0 amide bonds. The minimum Gasteiger partial charge on any atom is -0.358 e. The number of nitrogens with one attached hydrogen (secondary N) is 1. The van der Waals surface area contributed by atoms with E-state index < -0.39 is 0 Å². The van der Waals surface area contributed by atoms with Gasteiger partial charge in [0.2, 0.25) is 0 Å². The van der Waals surface area contributed by atoms with Crippen LogP contribution in [0.3, 0.4) is 0 Å². The van der Waals surface area contributed by atoms with Gasteiger partial charge < -0.3 is 4.98 Å². The lowest BCUT2D eigenvalue weighted by atomic mass is 9.84. The van der Waals surface area contributed by atoms with Crippen LogP contribution in [0.5, 0.6) is 0 Å². The zero-order valence-electron chi connectivity index (χ0n) is 14.4. The fraction of sp³-hybridized carbons (Fsp3) is 0.421. The molecule has 1 N–H and O–H groups in total. The van der Waals surface area contributed by atoms with Crippen molar-refractivity contribution < 1.29 is 0 Å². The van der Waals surface area contributed by atoms with Gasteiger partial charge in [-0.25, -0.2) is 0 Å². The van der Waals surface area contributed by atoms with Crippen molar-refractivity contribution in [2.75, 3.05) is 0 Å². The van der Waals surface area contributed by atoms with Crippen LogP contribution in [0.25, 0.3) is 11.3 Å². The van der Waals surface area contributed by atoms with Gasteiger partial charge in [-0.1, -0.05) is 38.4 Å². The molecule has 2 aromatic rings. The largest absolute Gasteiger partial charge is 0.358 e. The van der Waals surface area contributed by atoms with E-state index in [4.69, 9.17) is 11.6 Å². The summed E-state index contributed by atoms with van der Waals surface area (Å²) in [5.41, 5.74) is 6.62. The molecule has 22 heavy (non-hydrogen) atoms. The van der Waals surface area contributed by atoms with E-state index in [-0.39, 0.29) is 10.8 Å². The van der Waals surface area contributed by atoms with Gasteiger partial charge >= 0.3 is 0 Å². The Labute approximate surface area is 137 Å². The SMILES string of the molecule is Cc1cc(C(C)(C)C)c(Cl)cc1-c1[nH]c(C)c(C)c(=O)c1C. The van der Waals surface area contributed by atoms with E-state index in [0.717, 1.165) is 44.2 Å². The van der Waals surface area contributed by atoms with Gasteiger partial charge in [-0.05, 0) is 50.3 Å². The van der Waals surface area contributed by atoms with Gasteiger partial charge in [0.25, 0.3) is 0 Å². The average Bonchev–Trinajstić information content (AvgIpc) is 2.41. The molecule has 0 aliphatic rings. The van der Waals surface area contributed by atoms with Gasteiger partial charge in [0, 0.05) is 27.4 Å². The standard InChI is InChI=1S/C19H24ClNO/c1-10-8-15(19(5,6)7)16(20)9-14(10)17-12(3)18(22)11(2)13(4)21-17/h8-9H,1-7H3,(H,21,22). The Kier molecular flexibility index (Phi) is 4.27. The van der Waals surface area contributed by atoms with Crippen LogP contribution in [0.4, 0.5) is 0 Å². The lowest BCUT2D eigenvalue weighted by Gasteiger charge is -2.23. The second-order valence-electron chi connectivity index (χ2n) is 7.10. The smallest absolute Gasteiger partial charge is 0.188 e. The van der Waals surface area contributed by atoms with Crippen LogP contribution in [0.1, 0.15) is 48.7 Å². The number of hydrogen-bond acceptors (Lipinski definition) is 1. The highest BCUT2D eigenvalue weighted by Gasteiger charge is 2.20. The third-order valence-electron chi connectivity index (χ3n) is 4.32. The van der Waals surface area contributed by atoms with Gasteiger partial charge in [0.1, 0.15) is 0 Å². The first kappa shape index (κ1) is 16.8. The summed E-state index contributed by atoms with van der Waals surface area (Å²) < 4.78 is 0. The zero-order valence-corrected chi connectivity index (χ0v) is 15.2. The topological polar surface area (TPSA) is 32.9 Å². The summed E-state index contributed by atoms with van der Waals surface area (Å²) in [5, 5.41) is 0.742. The van der Waals surface area contributed by atoms with Crippen LogP contribution in [0.15, 0.2) is 16.9 Å². The molecule has 118 valence electrons. The maximum atomic E-state index is 12.4. The first-order chi connectivity index (χ1) is 10.0. The predicted molar refractivity (Wildman–Crippen MR) is 95.2 cm³/mol. The quantitative estimate of drug-likeness (QED) is 0.767. The van der Waals surface area contributed by atoms with Crippen molar-refractivity contribution in [2.24, 2.45) is 0 Å². The number of H-pyrrole nitrogens is 1. The predicted octanol–water partition coefficient (Wildman–Crippen LogP) is 5.23. The molecule has 2 rings (SSSR count). The maximum absolute atomic E-state index is 12.4. The first-order valence-corrected chi connectivity index (χ1v) is 7.93.